The smallest absolute Gasteiger partial charge is 0.326 e. The number of nitrogens with zero attached hydrogens (tertiary/aromatic N) is 1. The first kappa shape index (κ1) is 26.1. The lowest BCUT2D eigenvalue weighted by molar-refractivity contribution is -0.144. The molecule has 11 heteroatoms. The highest BCUT2D eigenvalue weighted by molar-refractivity contribution is 5.94. The SMILES string of the molecule is CCC(C)C(NC(=O)C(Cc1cnc[nH]1)NC(=O)C(C)N)C(=O)NC(C(=O)O)C(C)C. The zero-order valence-electron chi connectivity index (χ0n) is 18.6. The van der Waals surface area contributed by atoms with E-state index in [1.807, 2.05) is 6.92 Å². The molecule has 0 aliphatic carbocycles. The lowest BCUT2D eigenvalue weighted by Gasteiger charge is -2.28. The second-order valence-electron chi connectivity index (χ2n) is 8.07. The fraction of sp³-hybridized carbons (Fsp3) is 0.650. The third-order valence-electron chi connectivity index (χ3n) is 5.05. The number of carbonyl (C=O) groups is 4. The van der Waals surface area contributed by atoms with Crippen LogP contribution in [0.15, 0.2) is 12.5 Å². The first-order valence-electron chi connectivity index (χ1n) is 10.3. The number of aromatic nitrogens is 2. The van der Waals surface area contributed by atoms with Gasteiger partial charge >= 0.3 is 5.97 Å². The van der Waals surface area contributed by atoms with E-state index in [2.05, 4.69) is 25.9 Å². The van der Waals surface area contributed by atoms with Gasteiger partial charge in [-0.05, 0) is 18.8 Å². The van der Waals surface area contributed by atoms with Crippen molar-refractivity contribution in [3.05, 3.63) is 18.2 Å². The van der Waals surface area contributed by atoms with Crippen molar-refractivity contribution in [3.63, 3.8) is 0 Å². The standard InChI is InChI=1S/C20H34N6O5/c1-6-11(4)16(19(29)25-15(10(2)3)20(30)31)26-18(28)14(24-17(27)12(5)21)7-13-8-22-9-23-13/h8-12,14-16H,6-7,21H2,1-5H3,(H,22,23)(H,24,27)(H,25,29)(H,26,28)(H,30,31). The first-order valence-corrected chi connectivity index (χ1v) is 10.3. The van der Waals surface area contributed by atoms with E-state index in [0.717, 1.165) is 0 Å². The Morgan fingerprint density at radius 2 is 1.65 bits per heavy atom. The summed E-state index contributed by atoms with van der Waals surface area (Å²) in [5.41, 5.74) is 6.22. The predicted octanol–water partition coefficient (Wildman–Crippen LogP) is -0.459. The number of carboxylic acid groups (broad SMARTS) is 1. The van der Waals surface area contributed by atoms with Crippen LogP contribution in [-0.2, 0) is 25.6 Å². The third-order valence-corrected chi connectivity index (χ3v) is 5.05. The van der Waals surface area contributed by atoms with E-state index in [1.165, 1.54) is 19.4 Å². The third kappa shape index (κ3) is 8.00. The van der Waals surface area contributed by atoms with Gasteiger partial charge in [-0.15, -0.1) is 0 Å². The Hall–Kier alpha value is -2.95. The zero-order chi connectivity index (χ0) is 23.7. The number of nitrogens with two attached hydrogens (primary N) is 1. The molecule has 1 aromatic rings. The molecule has 174 valence electrons. The summed E-state index contributed by atoms with van der Waals surface area (Å²) in [5.74, 6) is -3.47. The molecule has 0 radical (unpaired) electrons. The predicted molar refractivity (Wildman–Crippen MR) is 114 cm³/mol. The highest BCUT2D eigenvalue weighted by atomic mass is 16.4. The van der Waals surface area contributed by atoms with Crippen LogP contribution in [-0.4, -0.2) is 62.9 Å². The van der Waals surface area contributed by atoms with Crippen LogP contribution in [0.3, 0.4) is 0 Å². The lowest BCUT2D eigenvalue weighted by Crippen LogP contribution is -2.59. The van der Waals surface area contributed by atoms with Crippen molar-refractivity contribution < 1.29 is 24.3 Å². The molecule has 5 atom stereocenters. The van der Waals surface area contributed by atoms with Crippen LogP contribution < -0.4 is 21.7 Å². The maximum atomic E-state index is 13.0. The Kier molecular flexibility index (Phi) is 10.1. The van der Waals surface area contributed by atoms with E-state index in [4.69, 9.17) is 5.73 Å². The van der Waals surface area contributed by atoms with E-state index in [9.17, 15) is 24.3 Å². The number of hydrogen-bond donors (Lipinski definition) is 6. The Labute approximate surface area is 181 Å². The monoisotopic (exact) mass is 438 g/mol. The van der Waals surface area contributed by atoms with Crippen LogP contribution in [0.5, 0.6) is 0 Å². The number of carbonyl (C=O) groups excluding carboxylic acids is 3. The molecule has 0 aromatic carbocycles. The van der Waals surface area contributed by atoms with E-state index in [0.29, 0.717) is 12.1 Å². The number of hydrogen-bond acceptors (Lipinski definition) is 6. The van der Waals surface area contributed by atoms with E-state index in [1.54, 1.807) is 20.8 Å². The molecule has 11 nitrogen and oxygen atoms in total. The van der Waals surface area contributed by atoms with Gasteiger partial charge in [-0.25, -0.2) is 9.78 Å². The Morgan fingerprint density at radius 1 is 1.03 bits per heavy atom. The summed E-state index contributed by atoms with van der Waals surface area (Å²) in [4.78, 5) is 56.2. The molecule has 1 heterocycles. The van der Waals surface area contributed by atoms with Gasteiger partial charge in [-0.1, -0.05) is 34.1 Å². The Morgan fingerprint density at radius 3 is 2.10 bits per heavy atom. The van der Waals surface area contributed by atoms with Crippen LogP contribution in [0.1, 0.15) is 46.7 Å². The number of H-pyrrole nitrogens is 1. The van der Waals surface area contributed by atoms with Gasteiger partial charge in [0.1, 0.15) is 18.1 Å². The molecule has 0 saturated carbocycles. The van der Waals surface area contributed by atoms with Crippen molar-refractivity contribution in [1.29, 1.82) is 0 Å². The minimum Gasteiger partial charge on any atom is -0.480 e. The molecular weight excluding hydrogens is 404 g/mol. The van der Waals surface area contributed by atoms with Gasteiger partial charge in [0.25, 0.3) is 0 Å². The van der Waals surface area contributed by atoms with Crippen molar-refractivity contribution in [2.75, 3.05) is 0 Å². The second-order valence-corrected chi connectivity index (χ2v) is 8.07. The fourth-order valence-corrected chi connectivity index (χ4v) is 2.84. The van der Waals surface area contributed by atoms with Crippen molar-refractivity contribution in [3.8, 4) is 0 Å². The lowest BCUT2D eigenvalue weighted by atomic mass is 9.96. The second kappa shape index (κ2) is 12.0. The van der Waals surface area contributed by atoms with Crippen LogP contribution in [0.25, 0.3) is 0 Å². The summed E-state index contributed by atoms with van der Waals surface area (Å²) in [6, 6.07) is -3.89. The molecular formula is C20H34N6O5. The summed E-state index contributed by atoms with van der Waals surface area (Å²) in [7, 11) is 0. The Balaban J connectivity index is 3.04. The fourth-order valence-electron chi connectivity index (χ4n) is 2.84. The van der Waals surface area contributed by atoms with Gasteiger partial charge in [0.2, 0.25) is 17.7 Å². The number of carboxylic acids is 1. The van der Waals surface area contributed by atoms with Gasteiger partial charge in [0.15, 0.2) is 0 Å². The van der Waals surface area contributed by atoms with Crippen LogP contribution >= 0.6 is 0 Å². The van der Waals surface area contributed by atoms with Crippen molar-refractivity contribution >= 4 is 23.7 Å². The average Bonchev–Trinajstić information content (AvgIpc) is 3.21. The number of rotatable bonds is 12. The molecule has 7 N–H and O–H groups in total. The topological polar surface area (TPSA) is 179 Å². The number of nitrogens with one attached hydrogen (secondary N) is 4. The molecule has 5 unspecified atom stereocenters. The maximum absolute atomic E-state index is 13.0. The summed E-state index contributed by atoms with van der Waals surface area (Å²) >= 11 is 0. The number of aliphatic carboxylic acids is 1. The molecule has 0 spiro atoms. The molecule has 0 aliphatic rings. The van der Waals surface area contributed by atoms with Gasteiger partial charge < -0.3 is 31.8 Å². The summed E-state index contributed by atoms with van der Waals surface area (Å²) in [6.07, 6.45) is 3.65. The van der Waals surface area contributed by atoms with Crippen LogP contribution in [0, 0.1) is 11.8 Å². The molecule has 1 rings (SSSR count). The summed E-state index contributed by atoms with van der Waals surface area (Å²) in [6.45, 7) is 8.49. The maximum Gasteiger partial charge on any atom is 0.326 e. The van der Waals surface area contributed by atoms with Crippen LogP contribution in [0.4, 0.5) is 0 Å². The summed E-state index contributed by atoms with van der Waals surface area (Å²) < 4.78 is 0. The van der Waals surface area contributed by atoms with E-state index >= 15 is 0 Å². The molecule has 0 aliphatic heterocycles. The van der Waals surface area contributed by atoms with Crippen molar-refractivity contribution in [2.24, 2.45) is 17.6 Å². The number of imidazole rings is 1. The largest absolute Gasteiger partial charge is 0.480 e. The quantitative estimate of drug-likeness (QED) is 0.255. The van der Waals surface area contributed by atoms with Crippen molar-refractivity contribution in [2.45, 2.75) is 71.6 Å². The highest BCUT2D eigenvalue weighted by Gasteiger charge is 2.33. The van der Waals surface area contributed by atoms with E-state index in [-0.39, 0.29) is 18.3 Å². The number of aromatic amines is 1. The molecule has 0 saturated heterocycles. The molecule has 0 fully saturated rings. The van der Waals surface area contributed by atoms with Gasteiger partial charge in [-0.2, -0.15) is 0 Å². The molecule has 0 bridgehead atoms. The summed E-state index contributed by atoms with van der Waals surface area (Å²) in [5, 5.41) is 17.1. The van der Waals surface area contributed by atoms with Gasteiger partial charge in [-0.3, -0.25) is 14.4 Å². The number of amides is 3. The minimum absolute atomic E-state index is 0.114. The van der Waals surface area contributed by atoms with Crippen LogP contribution in [0.2, 0.25) is 0 Å². The molecule has 31 heavy (non-hydrogen) atoms. The average molecular weight is 439 g/mol. The minimum atomic E-state index is -1.15. The highest BCUT2D eigenvalue weighted by Crippen LogP contribution is 2.11. The Bertz CT molecular complexity index is 749. The van der Waals surface area contributed by atoms with Gasteiger partial charge in [0, 0.05) is 18.3 Å². The van der Waals surface area contributed by atoms with Gasteiger partial charge in [0.05, 0.1) is 12.4 Å². The first-order chi connectivity index (χ1) is 14.5. The molecule has 3 amide bonds. The van der Waals surface area contributed by atoms with Crippen molar-refractivity contribution in [1.82, 2.24) is 25.9 Å². The van der Waals surface area contributed by atoms with E-state index < -0.39 is 47.9 Å². The normalized spacial score (nSPS) is 16.0. The molecule has 1 aromatic heterocycles. The zero-order valence-corrected chi connectivity index (χ0v) is 18.6.